The first-order valence-corrected chi connectivity index (χ1v) is 17.5. The van der Waals surface area contributed by atoms with Crippen LogP contribution < -0.4 is 14.2 Å². The summed E-state index contributed by atoms with van der Waals surface area (Å²) in [7, 11) is 1.77. The van der Waals surface area contributed by atoms with Gasteiger partial charge in [0.05, 0.1) is 53.7 Å². The third-order valence-electron chi connectivity index (χ3n) is 8.76. The normalized spacial score (nSPS) is 10.6. The highest BCUT2D eigenvalue weighted by atomic mass is 35.5. The number of rotatable bonds is 8. The van der Waals surface area contributed by atoms with Crippen molar-refractivity contribution in [3.63, 3.8) is 0 Å². The number of aromatic nitrogens is 2. The Hall–Kier alpha value is -5.87. The predicted octanol–water partition coefficient (Wildman–Crippen LogP) is 6.17. The second-order valence-corrected chi connectivity index (χ2v) is 12.9. The van der Waals surface area contributed by atoms with E-state index in [9.17, 15) is 36.5 Å². The molecule has 2 aromatic heterocycles. The van der Waals surface area contributed by atoms with Crippen molar-refractivity contribution in [3.8, 4) is 11.5 Å². The summed E-state index contributed by atoms with van der Waals surface area (Å²) in [5, 5.41) is 2.26. The molecule has 0 aliphatic rings. The van der Waals surface area contributed by atoms with E-state index in [1.54, 1.807) is 74.5 Å². The molecule has 0 aliphatic heterocycles. The van der Waals surface area contributed by atoms with Gasteiger partial charge in [-0.05, 0) is 97.7 Å². The number of halogens is 7. The molecule has 0 N–H and O–H groups in total. The molecule has 10 nitrogen and oxygen atoms in total. The molecule has 58 heavy (non-hydrogen) atoms. The molecule has 0 unspecified atom stereocenters. The Kier molecular flexibility index (Phi) is 15.9. The minimum Gasteiger partial charge on any atom is -1.00 e. The van der Waals surface area contributed by atoms with Crippen molar-refractivity contribution >= 4 is 76.3 Å². The Morgan fingerprint density at radius 1 is 0.690 bits per heavy atom. The number of carbonyl (C=O) groups excluding carboxylic acids is 4. The van der Waals surface area contributed by atoms with Gasteiger partial charge < -0.3 is 23.7 Å². The maximum atomic E-state index is 14.3. The molecule has 0 aliphatic carbocycles. The lowest BCUT2D eigenvalue weighted by Gasteiger charge is -2.08. The van der Waals surface area contributed by atoms with Crippen LogP contribution in [0.15, 0.2) is 78.8 Å². The SMILES string of the molecule is COC(=O)Cc1c(C)n(C(=O)c2ccc(Cl)cc2)c2cc(F)c(OC)cc12.FB(F)F.[3H+].[3H]c1cc2c(cc1OC)c(CC(=O)OC)c(C)n2C(=O)c1ccc(Cl)cc1.[F-]. The molecule has 0 atom stereocenters. The summed E-state index contributed by atoms with van der Waals surface area (Å²) >= 11 is 11.8. The summed E-state index contributed by atoms with van der Waals surface area (Å²) in [4.78, 5) is 49.9. The molecular formula is C40H36BCl2F5N2O8. The van der Waals surface area contributed by atoms with Gasteiger partial charge in [0.2, 0.25) is 0 Å². The first-order valence-electron chi connectivity index (χ1n) is 17.2. The second kappa shape index (κ2) is 20.5. The van der Waals surface area contributed by atoms with Gasteiger partial charge >= 0.3 is 20.9 Å². The van der Waals surface area contributed by atoms with E-state index < -0.39 is 25.3 Å². The van der Waals surface area contributed by atoms with Crippen molar-refractivity contribution in [2.24, 2.45) is 0 Å². The number of esters is 2. The molecule has 0 radical (unpaired) electrons. The average Bonchev–Trinajstić information content (AvgIpc) is 3.60. The van der Waals surface area contributed by atoms with Crippen LogP contribution in [-0.2, 0) is 31.9 Å². The van der Waals surface area contributed by atoms with Crippen molar-refractivity contribution < 1.29 is 63.0 Å². The van der Waals surface area contributed by atoms with Gasteiger partial charge in [-0.15, -0.1) is 0 Å². The van der Waals surface area contributed by atoms with Crippen LogP contribution in [-0.4, -0.2) is 68.9 Å². The van der Waals surface area contributed by atoms with Crippen LogP contribution in [0.5, 0.6) is 11.5 Å². The van der Waals surface area contributed by atoms with E-state index in [0.29, 0.717) is 71.2 Å². The van der Waals surface area contributed by atoms with Gasteiger partial charge in [-0.25, -0.2) is 4.39 Å². The van der Waals surface area contributed by atoms with Gasteiger partial charge in [0.15, 0.2) is 11.6 Å². The molecule has 0 bridgehead atoms. The number of nitrogens with zero attached hydrogens (tertiary/aromatic N) is 2. The Morgan fingerprint density at radius 3 is 1.50 bits per heavy atom. The van der Waals surface area contributed by atoms with E-state index in [2.05, 4.69) is 0 Å². The molecule has 306 valence electrons. The van der Waals surface area contributed by atoms with Crippen LogP contribution in [0.25, 0.3) is 21.8 Å². The van der Waals surface area contributed by atoms with Gasteiger partial charge in [-0.3, -0.25) is 41.3 Å². The first-order chi connectivity index (χ1) is 27.5. The molecule has 4 aromatic carbocycles. The minimum atomic E-state index is -3.67. The van der Waals surface area contributed by atoms with Crippen molar-refractivity contribution in [3.05, 3.63) is 128 Å². The molecule has 2 heterocycles. The van der Waals surface area contributed by atoms with Crippen LogP contribution in [0, 0.1) is 19.7 Å². The topological polar surface area (TPSA) is 115 Å². The number of benzene rings is 4. The molecule has 6 rings (SSSR count). The summed E-state index contributed by atoms with van der Waals surface area (Å²) in [6.45, 7) is 3.47. The number of fused-ring (bicyclic) bond motifs is 2. The van der Waals surface area contributed by atoms with Crippen LogP contribution >= 0.6 is 23.2 Å². The first kappa shape index (κ1) is 44.8. The summed E-state index contributed by atoms with van der Waals surface area (Å²) in [5.41, 5.74) is 4.12. The maximum absolute atomic E-state index is 14.3. The quantitative estimate of drug-likeness (QED) is 0.102. The lowest BCUT2D eigenvalue weighted by molar-refractivity contribution is -0.140. The molecule has 0 spiro atoms. The maximum Gasteiger partial charge on any atom is 1.00 e. The van der Waals surface area contributed by atoms with Crippen LogP contribution in [0.1, 0.15) is 46.0 Å². The predicted molar refractivity (Wildman–Crippen MR) is 210 cm³/mol. The summed E-state index contributed by atoms with van der Waals surface area (Å²) < 4.78 is 74.2. The zero-order valence-corrected chi connectivity index (χ0v) is 33.2. The number of hydrogen-bond donors (Lipinski definition) is 0. The highest BCUT2D eigenvalue weighted by Crippen LogP contribution is 2.34. The summed E-state index contributed by atoms with van der Waals surface area (Å²) in [6.07, 6.45) is -0.0330. The van der Waals surface area contributed by atoms with Crippen molar-refractivity contribution in [1.82, 2.24) is 9.13 Å². The summed E-state index contributed by atoms with van der Waals surface area (Å²) in [5.74, 6) is -1.69. The molecule has 6 aromatic rings. The Balaban J connectivity index is 0.000000368. The van der Waals surface area contributed by atoms with Gasteiger partial charge in [-0.2, -0.15) is 0 Å². The van der Waals surface area contributed by atoms with Gasteiger partial charge in [0.25, 0.3) is 11.8 Å². The number of hydrogen-bond acceptors (Lipinski definition) is 8. The second-order valence-electron chi connectivity index (χ2n) is 12.0. The smallest absolute Gasteiger partial charge is 1.00 e. The highest BCUT2D eigenvalue weighted by molar-refractivity contribution is 6.33. The Morgan fingerprint density at radius 2 is 1.10 bits per heavy atom. The monoisotopic (exact) mass is 852 g/mol. The van der Waals surface area contributed by atoms with E-state index in [1.165, 1.54) is 49.7 Å². The third-order valence-corrected chi connectivity index (χ3v) is 9.26. The fourth-order valence-corrected chi connectivity index (χ4v) is 6.25. The van der Waals surface area contributed by atoms with Crippen LogP contribution in [0.3, 0.4) is 0 Å². The zero-order valence-electron chi connectivity index (χ0n) is 33.7. The Labute approximate surface area is 342 Å². The number of methoxy groups -OCH3 is 4. The van der Waals surface area contributed by atoms with Crippen molar-refractivity contribution in [1.29, 1.82) is 0 Å². The number of ether oxygens (including phenoxy) is 4. The standard InChI is InChI=1S/C20H17ClFNO4.C20H18ClNO4.BF3.FH/c1-11-14(9-19(24)27-3)15-8-18(26-2)16(22)10-17(15)23(11)20(25)12-4-6-13(21)7-5-12;1-12-16(11-19(23)26-3)17-10-15(25-2)8-9-18(17)22(12)20(24)13-4-6-14(21)7-5-13;2-1(3)4;/h4-8,10H,9H2,1-3H3;4-10H,11H2,1-3H3;;1H/i;8T;;/hT. The van der Waals surface area contributed by atoms with Gasteiger partial charge in [-0.1, -0.05) is 23.2 Å². The van der Waals surface area contributed by atoms with Gasteiger partial charge in [0, 0.05) is 49.4 Å². The van der Waals surface area contributed by atoms with E-state index in [4.69, 9.17) is 43.5 Å². The molecule has 0 amide bonds. The average molecular weight is 853 g/mol. The zero-order chi connectivity index (χ0) is 43.0. The van der Waals surface area contributed by atoms with E-state index in [0.717, 1.165) is 0 Å². The van der Waals surface area contributed by atoms with E-state index >= 15 is 0 Å². The van der Waals surface area contributed by atoms with Crippen molar-refractivity contribution in [2.45, 2.75) is 26.7 Å². The van der Waals surface area contributed by atoms with Crippen LogP contribution in [0.2, 0.25) is 10.0 Å². The molecule has 18 heteroatoms. The van der Waals surface area contributed by atoms with E-state index in [1.807, 2.05) is 0 Å². The minimum absolute atomic E-state index is 0. The largest absolute Gasteiger partial charge is 1.00 e. The lowest BCUT2D eigenvalue weighted by atomic mass is 10.1. The van der Waals surface area contributed by atoms with E-state index in [-0.39, 0.29) is 42.6 Å². The number of carbonyl (C=O) groups is 4. The fourth-order valence-electron chi connectivity index (χ4n) is 6.00. The third kappa shape index (κ3) is 10.5. The Bertz CT molecular complexity index is 2330. The molecule has 0 saturated carbocycles. The molecular weight excluding hydrogens is 813 g/mol. The summed E-state index contributed by atoms with van der Waals surface area (Å²) in [6, 6.07) is 19.1. The fraction of sp³-hybridized carbons (Fsp3) is 0.200. The molecule has 0 saturated heterocycles. The van der Waals surface area contributed by atoms with Crippen molar-refractivity contribution in [2.75, 3.05) is 28.4 Å². The molecule has 0 fully saturated rings. The highest BCUT2D eigenvalue weighted by Gasteiger charge is 2.25. The van der Waals surface area contributed by atoms with Gasteiger partial charge in [0.1, 0.15) is 5.75 Å². The lowest BCUT2D eigenvalue weighted by Crippen LogP contribution is -3.00. The van der Waals surface area contributed by atoms with Crippen LogP contribution in [0.4, 0.5) is 17.3 Å².